The van der Waals surface area contributed by atoms with Crippen LogP contribution >= 0.6 is 0 Å². The van der Waals surface area contributed by atoms with Crippen LogP contribution in [0.4, 0.5) is 11.4 Å². The average molecular weight is 281 g/mol. The van der Waals surface area contributed by atoms with Gasteiger partial charge >= 0.3 is 11.5 Å². The maximum absolute atomic E-state index is 10.5. The van der Waals surface area contributed by atoms with Crippen LogP contribution in [0.2, 0.25) is 0 Å². The molecule has 2 rings (SSSR count). The third-order valence-corrected chi connectivity index (χ3v) is 2.54. The van der Waals surface area contributed by atoms with E-state index >= 15 is 0 Å². The van der Waals surface area contributed by atoms with E-state index in [9.17, 15) is 10.1 Å². The zero-order valence-corrected chi connectivity index (χ0v) is 11.3. The fraction of sp³-hybridized carbons (Fsp3) is 0.167. The molecule has 100 valence electrons. The molecule has 2 aromatic heterocycles. The Morgan fingerprint density at radius 2 is 1.84 bits per heavy atom. The van der Waals surface area contributed by atoms with Gasteiger partial charge in [0.2, 0.25) is 6.20 Å². The third kappa shape index (κ3) is 3.38. The van der Waals surface area contributed by atoms with Crippen molar-refractivity contribution in [1.29, 1.82) is 0 Å². The average Bonchev–Trinajstić information content (AvgIpc) is 2.39. The zero-order valence-electron chi connectivity index (χ0n) is 10.5. The highest BCUT2D eigenvalue weighted by Gasteiger charge is 2.12. The molecule has 0 aromatic carbocycles. The van der Waals surface area contributed by atoms with E-state index in [1.807, 2.05) is 43.5 Å². The van der Waals surface area contributed by atoms with Crippen molar-refractivity contribution in [2.45, 2.75) is 0 Å². The first kappa shape index (κ1) is 14.8. The van der Waals surface area contributed by atoms with Crippen LogP contribution in [-0.2, 0) is 0 Å². The van der Waals surface area contributed by atoms with E-state index in [4.69, 9.17) is 0 Å². The number of aromatic nitrogens is 2. The van der Waals surface area contributed by atoms with Crippen molar-refractivity contribution < 1.29 is 21.9 Å². The lowest BCUT2D eigenvalue weighted by Crippen LogP contribution is -3.00. The first-order valence-corrected chi connectivity index (χ1v) is 5.37. The van der Waals surface area contributed by atoms with Crippen LogP contribution in [0.25, 0.3) is 5.82 Å². The molecule has 19 heavy (non-hydrogen) atoms. The van der Waals surface area contributed by atoms with Crippen molar-refractivity contribution in [3.63, 3.8) is 0 Å². The summed E-state index contributed by atoms with van der Waals surface area (Å²) in [6.45, 7) is 0. The number of nitrogens with zero attached hydrogens (tertiary/aromatic N) is 4. The van der Waals surface area contributed by atoms with Crippen molar-refractivity contribution in [2.24, 2.45) is 0 Å². The second-order valence-electron chi connectivity index (χ2n) is 3.99. The minimum absolute atomic E-state index is 0. The lowest BCUT2D eigenvalue weighted by Gasteiger charge is -2.10. The van der Waals surface area contributed by atoms with Crippen LogP contribution in [0.1, 0.15) is 0 Å². The molecule has 2 heterocycles. The van der Waals surface area contributed by atoms with Crippen LogP contribution < -0.4 is 21.9 Å². The zero-order chi connectivity index (χ0) is 13.1. The maximum Gasteiger partial charge on any atom is 0.328 e. The molecule has 0 bridgehead atoms. The molecule has 0 fully saturated rings. The molecule has 0 saturated carbocycles. The van der Waals surface area contributed by atoms with Crippen molar-refractivity contribution in [1.82, 2.24) is 4.98 Å². The molecule has 0 spiro atoms. The number of hydrogen-bond acceptors (Lipinski definition) is 4. The molecular weight excluding hydrogens is 268 g/mol. The minimum Gasteiger partial charge on any atom is -1.00 e. The van der Waals surface area contributed by atoms with Gasteiger partial charge in [-0.15, -0.1) is 0 Å². The van der Waals surface area contributed by atoms with E-state index in [0.29, 0.717) is 5.82 Å². The monoisotopic (exact) mass is 280 g/mol. The van der Waals surface area contributed by atoms with Gasteiger partial charge in [0.15, 0.2) is 0 Å². The van der Waals surface area contributed by atoms with Gasteiger partial charge in [0, 0.05) is 44.0 Å². The summed E-state index contributed by atoms with van der Waals surface area (Å²) in [4.78, 5) is 16.1. The van der Waals surface area contributed by atoms with Gasteiger partial charge in [-0.3, -0.25) is 10.1 Å². The molecule has 6 nitrogen and oxygen atoms in total. The van der Waals surface area contributed by atoms with E-state index in [1.54, 1.807) is 10.6 Å². The largest absolute Gasteiger partial charge is 1.00 e. The van der Waals surface area contributed by atoms with Crippen LogP contribution in [0, 0.1) is 10.1 Å². The lowest BCUT2D eigenvalue weighted by atomic mass is 10.3. The molecule has 0 amide bonds. The van der Waals surface area contributed by atoms with E-state index in [0.717, 1.165) is 5.69 Å². The second kappa shape index (κ2) is 6.10. The Hall–Kier alpha value is -2.21. The number of anilines is 1. The Bertz CT molecular complexity index is 555. The predicted molar refractivity (Wildman–Crippen MR) is 66.8 cm³/mol. The van der Waals surface area contributed by atoms with E-state index < -0.39 is 4.92 Å². The van der Waals surface area contributed by atoms with Gasteiger partial charge in [-0.05, 0) is 4.98 Å². The van der Waals surface area contributed by atoms with E-state index in [1.165, 1.54) is 12.3 Å². The maximum atomic E-state index is 10.5. The molecule has 0 saturated heterocycles. The van der Waals surface area contributed by atoms with E-state index in [-0.39, 0.29) is 18.1 Å². The summed E-state index contributed by atoms with van der Waals surface area (Å²) in [5.74, 6) is 0.644. The molecule has 0 aliphatic heterocycles. The lowest BCUT2D eigenvalue weighted by molar-refractivity contribution is -0.599. The molecule has 7 heteroatoms. The van der Waals surface area contributed by atoms with Crippen LogP contribution in [0.3, 0.4) is 0 Å². The highest BCUT2D eigenvalue weighted by Crippen LogP contribution is 2.10. The first-order chi connectivity index (χ1) is 8.58. The molecule has 0 aliphatic carbocycles. The topological polar surface area (TPSA) is 63.1 Å². The number of pyridine rings is 2. The van der Waals surface area contributed by atoms with Crippen LogP contribution in [0.15, 0.2) is 42.9 Å². The van der Waals surface area contributed by atoms with Crippen molar-refractivity contribution in [3.05, 3.63) is 53.0 Å². The van der Waals surface area contributed by atoms with Gasteiger partial charge in [0.1, 0.15) is 0 Å². The van der Waals surface area contributed by atoms with Gasteiger partial charge in [-0.1, -0.05) is 0 Å². The summed E-state index contributed by atoms with van der Waals surface area (Å²) in [5, 5.41) is 10.5. The fourth-order valence-corrected chi connectivity index (χ4v) is 1.51. The summed E-state index contributed by atoms with van der Waals surface area (Å²) in [7, 11) is 3.92. The number of hydrogen-bond donors (Lipinski definition) is 0. The highest BCUT2D eigenvalue weighted by molar-refractivity contribution is 5.41. The van der Waals surface area contributed by atoms with Crippen molar-refractivity contribution >= 4 is 11.4 Å². The Balaban J connectivity index is 0.00000180. The molecule has 2 aromatic rings. The molecule has 0 aliphatic rings. The van der Waals surface area contributed by atoms with E-state index in [2.05, 4.69) is 4.98 Å². The Kier molecular flexibility index (Phi) is 4.77. The van der Waals surface area contributed by atoms with Crippen molar-refractivity contribution in [2.75, 3.05) is 19.0 Å². The molecular formula is C12H13ClN4O2. The molecule has 0 atom stereocenters. The van der Waals surface area contributed by atoms with Crippen molar-refractivity contribution in [3.8, 4) is 5.82 Å². The normalized spacial score (nSPS) is 9.58. The molecule has 0 N–H and O–H groups in total. The van der Waals surface area contributed by atoms with Gasteiger partial charge in [0.25, 0.3) is 0 Å². The molecule has 0 unspecified atom stereocenters. The number of rotatable bonds is 3. The highest BCUT2D eigenvalue weighted by atomic mass is 35.5. The first-order valence-electron chi connectivity index (χ1n) is 5.37. The molecule has 0 radical (unpaired) electrons. The third-order valence-electron chi connectivity index (χ3n) is 2.54. The summed E-state index contributed by atoms with van der Waals surface area (Å²) in [5.41, 5.74) is 1.07. The SMILES string of the molecule is CN(C)c1cc[n+](-c2ccc([N+](=O)[O-])cn2)cc1.[Cl-]. The fourth-order valence-electron chi connectivity index (χ4n) is 1.51. The smallest absolute Gasteiger partial charge is 0.328 e. The van der Waals surface area contributed by atoms with Gasteiger partial charge in [-0.2, -0.15) is 0 Å². The quantitative estimate of drug-likeness (QED) is 0.383. The summed E-state index contributed by atoms with van der Waals surface area (Å²) in [6, 6.07) is 6.95. The van der Waals surface area contributed by atoms with Crippen LogP contribution in [-0.4, -0.2) is 24.0 Å². The minimum atomic E-state index is -0.462. The van der Waals surface area contributed by atoms with Crippen LogP contribution in [0.5, 0.6) is 0 Å². The standard InChI is InChI=1S/C12H13N4O2.ClH/c1-14(2)10-5-7-15(8-6-10)12-4-3-11(9-13-12)16(17)18;/h3-9H,1-2H3;1H/q+1;/p-1. The Morgan fingerprint density at radius 1 is 1.21 bits per heavy atom. The Morgan fingerprint density at radius 3 is 2.26 bits per heavy atom. The predicted octanol–water partition coefficient (Wildman–Crippen LogP) is -1.66. The Labute approximate surface area is 116 Å². The number of nitro groups is 1. The number of halogens is 1. The summed E-state index contributed by atoms with van der Waals surface area (Å²) in [6.07, 6.45) is 4.98. The van der Waals surface area contributed by atoms with Gasteiger partial charge < -0.3 is 17.3 Å². The summed E-state index contributed by atoms with van der Waals surface area (Å²) < 4.78 is 1.80. The second-order valence-corrected chi connectivity index (χ2v) is 3.99. The van der Waals surface area contributed by atoms with Gasteiger partial charge in [-0.25, -0.2) is 4.57 Å². The summed E-state index contributed by atoms with van der Waals surface area (Å²) >= 11 is 0. The van der Waals surface area contributed by atoms with Gasteiger partial charge in [0.05, 0.1) is 17.3 Å².